The largest absolute Gasteiger partial charge is 0.325 e. The summed E-state index contributed by atoms with van der Waals surface area (Å²) in [6, 6.07) is 21.4. The number of nitrogens with zero attached hydrogens (tertiary/aromatic N) is 1. The third-order valence-electron chi connectivity index (χ3n) is 5.52. The average Bonchev–Trinajstić information content (AvgIpc) is 2.79. The minimum atomic E-state index is -3.93. The molecule has 0 spiro atoms. The normalized spacial score (nSPS) is 11.2. The number of nitrogens with one attached hydrogen (secondary N) is 1. The molecule has 0 atom stereocenters. The van der Waals surface area contributed by atoms with Gasteiger partial charge in [-0.1, -0.05) is 55.8 Å². The van der Waals surface area contributed by atoms with Gasteiger partial charge in [0.1, 0.15) is 6.54 Å². The molecule has 0 saturated heterocycles. The van der Waals surface area contributed by atoms with Crippen LogP contribution in [0.4, 0.5) is 11.4 Å². The standard InChI is InChI=1S/C26H30N2O3S/c1-4-5-11-22-15-17-23(18-16-22)27-26(29)19-28(25-14-9-10-20(2)21(25)3)32(30,31)24-12-7-6-8-13-24/h6-10,12-18H,4-5,11,19H2,1-3H3,(H,27,29). The molecule has 0 unspecified atom stereocenters. The Bertz CT molecular complexity index is 1160. The number of hydrogen-bond acceptors (Lipinski definition) is 3. The second-order valence-electron chi connectivity index (χ2n) is 7.89. The lowest BCUT2D eigenvalue weighted by Gasteiger charge is -2.26. The molecule has 0 aromatic heterocycles. The molecule has 3 aromatic carbocycles. The number of sulfonamides is 1. The number of benzene rings is 3. The molecule has 0 saturated carbocycles. The second-order valence-corrected chi connectivity index (χ2v) is 9.75. The highest BCUT2D eigenvalue weighted by Crippen LogP contribution is 2.28. The van der Waals surface area contributed by atoms with Crippen molar-refractivity contribution in [1.29, 1.82) is 0 Å². The molecule has 168 valence electrons. The van der Waals surface area contributed by atoms with Crippen molar-refractivity contribution in [1.82, 2.24) is 0 Å². The number of anilines is 2. The molecule has 0 aliphatic heterocycles. The van der Waals surface area contributed by atoms with Gasteiger partial charge in [0.15, 0.2) is 0 Å². The summed E-state index contributed by atoms with van der Waals surface area (Å²) in [5.41, 5.74) is 4.14. The molecule has 0 aliphatic carbocycles. The van der Waals surface area contributed by atoms with Crippen LogP contribution in [0.5, 0.6) is 0 Å². The zero-order valence-electron chi connectivity index (χ0n) is 18.8. The van der Waals surface area contributed by atoms with Crippen LogP contribution in [0.25, 0.3) is 0 Å². The molecule has 1 amide bonds. The fourth-order valence-corrected chi connectivity index (χ4v) is 4.99. The van der Waals surface area contributed by atoms with Gasteiger partial charge in [-0.2, -0.15) is 0 Å². The average molecular weight is 451 g/mol. The number of carbonyl (C=O) groups excluding carboxylic acids is 1. The van der Waals surface area contributed by atoms with E-state index in [1.807, 2.05) is 44.2 Å². The monoisotopic (exact) mass is 450 g/mol. The molecular formula is C26H30N2O3S. The number of unbranched alkanes of at least 4 members (excludes halogenated alkanes) is 1. The van der Waals surface area contributed by atoms with Crippen molar-refractivity contribution in [3.8, 4) is 0 Å². The lowest BCUT2D eigenvalue weighted by Crippen LogP contribution is -2.38. The van der Waals surface area contributed by atoms with Gasteiger partial charge in [0.25, 0.3) is 10.0 Å². The van der Waals surface area contributed by atoms with Crippen molar-refractivity contribution in [3.05, 3.63) is 89.5 Å². The van der Waals surface area contributed by atoms with E-state index in [9.17, 15) is 13.2 Å². The van der Waals surface area contributed by atoms with Gasteiger partial charge in [0.05, 0.1) is 10.6 Å². The summed E-state index contributed by atoms with van der Waals surface area (Å²) in [6.45, 7) is 5.62. The van der Waals surface area contributed by atoms with Gasteiger partial charge < -0.3 is 5.32 Å². The maximum atomic E-state index is 13.5. The number of hydrogen-bond donors (Lipinski definition) is 1. The first-order chi connectivity index (χ1) is 15.3. The predicted octanol–water partition coefficient (Wildman–Crippen LogP) is 5.48. The van der Waals surface area contributed by atoms with Crippen molar-refractivity contribution in [2.75, 3.05) is 16.2 Å². The van der Waals surface area contributed by atoms with Crippen LogP contribution < -0.4 is 9.62 Å². The predicted molar refractivity (Wildman–Crippen MR) is 131 cm³/mol. The Morgan fingerprint density at radius 2 is 1.59 bits per heavy atom. The Morgan fingerprint density at radius 3 is 2.25 bits per heavy atom. The van der Waals surface area contributed by atoms with Gasteiger partial charge in [-0.15, -0.1) is 0 Å². The van der Waals surface area contributed by atoms with Gasteiger partial charge in [-0.3, -0.25) is 9.10 Å². The molecule has 6 heteroatoms. The van der Waals surface area contributed by atoms with Crippen LogP contribution in [0.3, 0.4) is 0 Å². The van der Waals surface area contributed by atoms with Gasteiger partial charge in [-0.25, -0.2) is 8.42 Å². The van der Waals surface area contributed by atoms with E-state index < -0.39 is 15.9 Å². The summed E-state index contributed by atoms with van der Waals surface area (Å²) < 4.78 is 28.1. The summed E-state index contributed by atoms with van der Waals surface area (Å²) in [4.78, 5) is 13.1. The van der Waals surface area contributed by atoms with E-state index in [1.54, 1.807) is 42.5 Å². The van der Waals surface area contributed by atoms with E-state index in [0.29, 0.717) is 11.4 Å². The maximum Gasteiger partial charge on any atom is 0.264 e. The molecule has 1 N–H and O–H groups in total. The molecule has 5 nitrogen and oxygen atoms in total. The first-order valence-electron chi connectivity index (χ1n) is 10.9. The number of rotatable bonds is 9. The van der Waals surface area contributed by atoms with Crippen LogP contribution in [0.15, 0.2) is 77.7 Å². The van der Waals surface area contributed by atoms with Gasteiger partial charge in [-0.05, 0) is 73.7 Å². The van der Waals surface area contributed by atoms with Crippen molar-refractivity contribution >= 4 is 27.3 Å². The van der Waals surface area contributed by atoms with Gasteiger partial charge >= 0.3 is 0 Å². The minimum absolute atomic E-state index is 0.147. The molecular weight excluding hydrogens is 420 g/mol. The highest BCUT2D eigenvalue weighted by Gasteiger charge is 2.28. The van der Waals surface area contributed by atoms with E-state index >= 15 is 0 Å². The lowest BCUT2D eigenvalue weighted by molar-refractivity contribution is -0.114. The zero-order valence-corrected chi connectivity index (χ0v) is 19.7. The van der Waals surface area contributed by atoms with Crippen LogP contribution in [0.1, 0.15) is 36.5 Å². The summed E-state index contributed by atoms with van der Waals surface area (Å²) in [5, 5.41) is 2.84. The molecule has 0 fully saturated rings. The van der Waals surface area contributed by atoms with Crippen molar-refractivity contribution in [2.24, 2.45) is 0 Å². The maximum absolute atomic E-state index is 13.5. The summed E-state index contributed by atoms with van der Waals surface area (Å²) >= 11 is 0. The molecule has 32 heavy (non-hydrogen) atoms. The molecule has 0 bridgehead atoms. The molecule has 0 aliphatic rings. The van der Waals surface area contributed by atoms with Crippen molar-refractivity contribution in [3.63, 3.8) is 0 Å². The molecule has 3 rings (SSSR count). The fourth-order valence-electron chi connectivity index (χ4n) is 3.49. The van der Waals surface area contributed by atoms with E-state index in [-0.39, 0.29) is 11.4 Å². The molecule has 3 aromatic rings. The van der Waals surface area contributed by atoms with E-state index in [4.69, 9.17) is 0 Å². The summed E-state index contributed by atoms with van der Waals surface area (Å²) in [5.74, 6) is -0.397. The Morgan fingerprint density at radius 1 is 0.906 bits per heavy atom. The van der Waals surface area contributed by atoms with E-state index in [0.717, 1.165) is 30.4 Å². The van der Waals surface area contributed by atoms with Crippen LogP contribution in [0, 0.1) is 13.8 Å². The third-order valence-corrected chi connectivity index (χ3v) is 7.29. The Hall–Kier alpha value is -3.12. The fraction of sp³-hybridized carbons (Fsp3) is 0.269. The van der Waals surface area contributed by atoms with E-state index in [2.05, 4.69) is 12.2 Å². The number of aryl methyl sites for hydroxylation is 2. The zero-order chi connectivity index (χ0) is 23.1. The van der Waals surface area contributed by atoms with Crippen LogP contribution in [0.2, 0.25) is 0 Å². The summed E-state index contributed by atoms with van der Waals surface area (Å²) in [7, 11) is -3.93. The topological polar surface area (TPSA) is 66.5 Å². The first-order valence-corrected chi connectivity index (χ1v) is 12.3. The van der Waals surface area contributed by atoms with Crippen LogP contribution in [-0.4, -0.2) is 20.9 Å². The molecule has 0 radical (unpaired) electrons. The molecule has 0 heterocycles. The second kappa shape index (κ2) is 10.5. The van der Waals surface area contributed by atoms with Crippen molar-refractivity contribution in [2.45, 2.75) is 44.9 Å². The highest BCUT2D eigenvalue weighted by atomic mass is 32.2. The summed E-state index contributed by atoms with van der Waals surface area (Å²) in [6.07, 6.45) is 3.25. The van der Waals surface area contributed by atoms with E-state index in [1.165, 1.54) is 9.87 Å². The number of carbonyl (C=O) groups is 1. The van der Waals surface area contributed by atoms with Crippen molar-refractivity contribution < 1.29 is 13.2 Å². The number of amides is 1. The quantitative estimate of drug-likeness (QED) is 0.469. The smallest absolute Gasteiger partial charge is 0.264 e. The first kappa shape index (κ1) is 23.5. The Balaban J connectivity index is 1.87. The van der Waals surface area contributed by atoms with Crippen LogP contribution >= 0.6 is 0 Å². The highest BCUT2D eigenvalue weighted by molar-refractivity contribution is 7.92. The SMILES string of the molecule is CCCCc1ccc(NC(=O)CN(c2cccc(C)c2C)S(=O)(=O)c2ccccc2)cc1. The third kappa shape index (κ3) is 5.56. The Labute approximate surface area is 191 Å². The minimum Gasteiger partial charge on any atom is -0.325 e. The van der Waals surface area contributed by atoms with Crippen LogP contribution in [-0.2, 0) is 21.2 Å². The lowest BCUT2D eigenvalue weighted by atomic mass is 10.1. The van der Waals surface area contributed by atoms with Gasteiger partial charge in [0, 0.05) is 5.69 Å². The Kier molecular flexibility index (Phi) is 7.70. The van der Waals surface area contributed by atoms with Gasteiger partial charge in [0.2, 0.25) is 5.91 Å².